The van der Waals surface area contributed by atoms with Gasteiger partial charge in [-0.05, 0) is 61.9 Å². The number of nitrogens with zero attached hydrogens (tertiary/aromatic N) is 1. The van der Waals surface area contributed by atoms with Crippen molar-refractivity contribution in [1.29, 1.82) is 5.41 Å². The molecule has 20 heavy (non-hydrogen) atoms. The van der Waals surface area contributed by atoms with Crippen LogP contribution in [0.4, 0.5) is 0 Å². The number of hydrogen-bond acceptors (Lipinski definition) is 2. The molecule has 0 aromatic heterocycles. The van der Waals surface area contributed by atoms with Gasteiger partial charge in [-0.3, -0.25) is 10.3 Å². The molecular weight excluding hydrogens is 246 g/mol. The molecule has 1 aromatic carbocycles. The van der Waals surface area contributed by atoms with E-state index in [1.807, 2.05) is 12.1 Å². The maximum absolute atomic E-state index is 7.49. The van der Waals surface area contributed by atoms with Crippen LogP contribution >= 0.6 is 0 Å². The lowest BCUT2D eigenvalue weighted by Gasteiger charge is -2.34. The first-order valence-electron chi connectivity index (χ1n) is 7.63. The monoisotopic (exact) mass is 273 g/mol. The molecule has 1 saturated heterocycles. The first kappa shape index (κ1) is 15.0. The Hall–Kier alpha value is -1.35. The maximum atomic E-state index is 7.49. The van der Waals surface area contributed by atoms with Crippen molar-refractivity contribution in [3.8, 4) is 0 Å². The highest BCUT2D eigenvalue weighted by molar-refractivity contribution is 5.95. The summed E-state index contributed by atoms with van der Waals surface area (Å²) in [6.45, 7) is 10.2. The van der Waals surface area contributed by atoms with Crippen molar-refractivity contribution in [2.45, 2.75) is 40.2 Å². The van der Waals surface area contributed by atoms with Crippen molar-refractivity contribution in [3.05, 3.63) is 34.9 Å². The van der Waals surface area contributed by atoms with E-state index in [9.17, 15) is 0 Å². The van der Waals surface area contributed by atoms with Crippen LogP contribution in [0.15, 0.2) is 18.2 Å². The van der Waals surface area contributed by atoms with E-state index in [1.54, 1.807) is 0 Å². The van der Waals surface area contributed by atoms with Crippen molar-refractivity contribution in [2.24, 2.45) is 17.6 Å². The summed E-state index contributed by atoms with van der Waals surface area (Å²) >= 11 is 0. The summed E-state index contributed by atoms with van der Waals surface area (Å²) in [5, 5.41) is 7.49. The number of amidine groups is 1. The number of piperidine rings is 1. The molecule has 0 spiro atoms. The normalized spacial score (nSPS) is 17.6. The second-order valence-electron chi connectivity index (χ2n) is 6.41. The third-order valence-electron chi connectivity index (χ3n) is 4.62. The second-order valence-corrected chi connectivity index (χ2v) is 6.41. The summed E-state index contributed by atoms with van der Waals surface area (Å²) in [5.74, 6) is 1.86. The van der Waals surface area contributed by atoms with Gasteiger partial charge in [-0.1, -0.05) is 26.0 Å². The molecule has 1 aliphatic rings. The molecule has 0 aliphatic carbocycles. The summed E-state index contributed by atoms with van der Waals surface area (Å²) in [6, 6.07) is 6.12. The molecule has 1 heterocycles. The number of nitrogen functional groups attached to an aromatic ring is 1. The molecule has 3 N–H and O–H groups in total. The summed E-state index contributed by atoms with van der Waals surface area (Å²) < 4.78 is 0. The largest absolute Gasteiger partial charge is 0.384 e. The molecule has 0 atom stereocenters. The Labute approximate surface area is 122 Å². The van der Waals surface area contributed by atoms with Crippen molar-refractivity contribution in [3.63, 3.8) is 0 Å². The zero-order chi connectivity index (χ0) is 14.7. The topological polar surface area (TPSA) is 53.1 Å². The minimum atomic E-state index is 0.150. The zero-order valence-corrected chi connectivity index (χ0v) is 12.9. The first-order chi connectivity index (χ1) is 9.47. The number of hydrogen-bond donors (Lipinski definition) is 2. The van der Waals surface area contributed by atoms with Crippen LogP contribution in [0.5, 0.6) is 0 Å². The van der Waals surface area contributed by atoms with Gasteiger partial charge in [-0.15, -0.1) is 0 Å². The van der Waals surface area contributed by atoms with Crippen LogP contribution in [-0.2, 0) is 6.54 Å². The second kappa shape index (κ2) is 6.40. The third kappa shape index (κ3) is 3.60. The highest BCUT2D eigenvalue weighted by atomic mass is 15.1. The van der Waals surface area contributed by atoms with Crippen molar-refractivity contribution in [1.82, 2.24) is 4.90 Å². The Bertz CT molecular complexity index is 471. The molecule has 0 amide bonds. The molecular formula is C17H27N3. The summed E-state index contributed by atoms with van der Waals surface area (Å²) in [6.07, 6.45) is 2.64. The predicted molar refractivity (Wildman–Crippen MR) is 85.0 cm³/mol. The number of rotatable bonds is 4. The van der Waals surface area contributed by atoms with Gasteiger partial charge in [0.1, 0.15) is 5.84 Å². The third-order valence-corrected chi connectivity index (χ3v) is 4.62. The van der Waals surface area contributed by atoms with Gasteiger partial charge in [0.25, 0.3) is 0 Å². The van der Waals surface area contributed by atoms with E-state index >= 15 is 0 Å². The van der Waals surface area contributed by atoms with Crippen LogP contribution in [0.3, 0.4) is 0 Å². The van der Waals surface area contributed by atoms with Crippen LogP contribution in [0.1, 0.15) is 43.4 Å². The Morgan fingerprint density at radius 3 is 2.50 bits per heavy atom. The van der Waals surface area contributed by atoms with Gasteiger partial charge in [0.05, 0.1) is 0 Å². The predicted octanol–water partition coefficient (Wildman–Crippen LogP) is 3.15. The van der Waals surface area contributed by atoms with Crippen LogP contribution in [0.2, 0.25) is 0 Å². The van der Waals surface area contributed by atoms with E-state index in [0.29, 0.717) is 0 Å². The molecule has 2 rings (SSSR count). The van der Waals surface area contributed by atoms with E-state index in [0.717, 1.165) is 23.9 Å². The Kier molecular flexibility index (Phi) is 4.81. The number of aryl methyl sites for hydroxylation is 1. The highest BCUT2D eigenvalue weighted by Crippen LogP contribution is 2.25. The average Bonchev–Trinajstić information content (AvgIpc) is 2.41. The fourth-order valence-electron chi connectivity index (χ4n) is 3.06. The van der Waals surface area contributed by atoms with Crippen LogP contribution in [0, 0.1) is 24.2 Å². The minimum absolute atomic E-state index is 0.150. The number of nitrogens with two attached hydrogens (primary N) is 1. The molecule has 0 saturated carbocycles. The zero-order valence-electron chi connectivity index (χ0n) is 12.9. The Balaban J connectivity index is 1.96. The van der Waals surface area contributed by atoms with Crippen LogP contribution in [-0.4, -0.2) is 23.8 Å². The summed E-state index contributed by atoms with van der Waals surface area (Å²) in [5.41, 5.74) is 8.96. The van der Waals surface area contributed by atoms with E-state index in [-0.39, 0.29) is 5.84 Å². The lowest BCUT2D eigenvalue weighted by molar-refractivity contribution is 0.152. The SMILES string of the molecule is Cc1cc(C(=N)N)ccc1CN1CCC(C(C)C)CC1. The molecule has 1 aromatic rings. The van der Waals surface area contributed by atoms with E-state index in [4.69, 9.17) is 11.1 Å². The van der Waals surface area contributed by atoms with Crippen molar-refractivity contribution >= 4 is 5.84 Å². The van der Waals surface area contributed by atoms with Crippen LogP contribution in [0.25, 0.3) is 0 Å². The fourth-order valence-corrected chi connectivity index (χ4v) is 3.06. The fraction of sp³-hybridized carbons (Fsp3) is 0.588. The molecule has 0 radical (unpaired) electrons. The quantitative estimate of drug-likeness (QED) is 0.654. The first-order valence-corrected chi connectivity index (χ1v) is 7.63. The van der Waals surface area contributed by atoms with Gasteiger partial charge in [0.15, 0.2) is 0 Å². The number of likely N-dealkylation sites (tertiary alicyclic amines) is 1. The van der Waals surface area contributed by atoms with E-state index in [2.05, 4.69) is 31.7 Å². The lowest BCUT2D eigenvalue weighted by atomic mass is 9.86. The standard InChI is InChI=1S/C17H27N3/c1-12(2)14-6-8-20(9-7-14)11-16-5-4-15(17(18)19)10-13(16)3/h4-5,10,12,14H,6-9,11H2,1-3H3,(H3,18,19). The summed E-state index contributed by atoms with van der Waals surface area (Å²) in [4.78, 5) is 2.55. The average molecular weight is 273 g/mol. The smallest absolute Gasteiger partial charge is 0.122 e. The lowest BCUT2D eigenvalue weighted by Crippen LogP contribution is -2.34. The number of benzene rings is 1. The molecule has 110 valence electrons. The molecule has 1 fully saturated rings. The van der Waals surface area contributed by atoms with E-state index in [1.165, 1.54) is 37.1 Å². The van der Waals surface area contributed by atoms with Crippen molar-refractivity contribution < 1.29 is 0 Å². The van der Waals surface area contributed by atoms with Gasteiger partial charge in [0.2, 0.25) is 0 Å². The van der Waals surface area contributed by atoms with Gasteiger partial charge < -0.3 is 5.73 Å². The maximum Gasteiger partial charge on any atom is 0.122 e. The Morgan fingerprint density at radius 2 is 2.00 bits per heavy atom. The van der Waals surface area contributed by atoms with E-state index < -0.39 is 0 Å². The Morgan fingerprint density at radius 1 is 1.35 bits per heavy atom. The van der Waals surface area contributed by atoms with Crippen molar-refractivity contribution in [2.75, 3.05) is 13.1 Å². The van der Waals surface area contributed by atoms with Gasteiger partial charge >= 0.3 is 0 Å². The van der Waals surface area contributed by atoms with Gasteiger partial charge in [0, 0.05) is 12.1 Å². The van der Waals surface area contributed by atoms with Gasteiger partial charge in [-0.2, -0.15) is 0 Å². The molecule has 0 bridgehead atoms. The summed E-state index contributed by atoms with van der Waals surface area (Å²) in [7, 11) is 0. The molecule has 0 unspecified atom stereocenters. The molecule has 3 heteroatoms. The minimum Gasteiger partial charge on any atom is -0.384 e. The highest BCUT2D eigenvalue weighted by Gasteiger charge is 2.21. The molecule has 3 nitrogen and oxygen atoms in total. The van der Waals surface area contributed by atoms with Gasteiger partial charge in [-0.25, -0.2) is 0 Å². The molecule has 1 aliphatic heterocycles. The van der Waals surface area contributed by atoms with Crippen LogP contribution < -0.4 is 5.73 Å². The number of nitrogens with one attached hydrogen (secondary N) is 1.